The fraction of sp³-hybridized carbons (Fsp3) is 0.588. The normalized spacial score (nSPS) is 20.8. The zero-order chi connectivity index (χ0) is 17.3. The monoisotopic (exact) mass is 352 g/mol. The number of carbonyl (C=O) groups excluding carboxylic acids is 1. The molecule has 3 rings (SSSR count). The van der Waals surface area contributed by atoms with Crippen molar-refractivity contribution in [1.82, 2.24) is 9.62 Å². The third-order valence-electron chi connectivity index (χ3n) is 4.88. The van der Waals surface area contributed by atoms with E-state index in [1.54, 1.807) is 7.11 Å². The number of nitrogens with one attached hydrogen (secondary N) is 1. The Morgan fingerprint density at radius 2 is 2.00 bits per heavy atom. The zero-order valence-corrected chi connectivity index (χ0v) is 15.0. The van der Waals surface area contributed by atoms with Crippen LogP contribution in [-0.2, 0) is 34.2 Å². The van der Waals surface area contributed by atoms with Gasteiger partial charge in [0.1, 0.15) is 11.8 Å². The smallest absolute Gasteiger partial charge is 0.238 e. The molecule has 1 aliphatic heterocycles. The van der Waals surface area contributed by atoms with E-state index in [-0.39, 0.29) is 5.91 Å². The summed E-state index contributed by atoms with van der Waals surface area (Å²) in [6.45, 7) is 0.766. The lowest BCUT2D eigenvalue weighted by molar-refractivity contribution is -0.124. The van der Waals surface area contributed by atoms with Crippen molar-refractivity contribution in [3.05, 3.63) is 28.8 Å². The Balaban J connectivity index is 1.71. The largest absolute Gasteiger partial charge is 0.496 e. The molecule has 6 nitrogen and oxygen atoms in total. The molecular weight excluding hydrogens is 328 g/mol. The summed E-state index contributed by atoms with van der Waals surface area (Å²) in [5, 5.41) is 2.88. The molecule has 1 saturated heterocycles. The van der Waals surface area contributed by atoms with Crippen molar-refractivity contribution in [2.24, 2.45) is 0 Å². The summed E-state index contributed by atoms with van der Waals surface area (Å²) < 4.78 is 30.3. The van der Waals surface area contributed by atoms with Crippen LogP contribution in [0.2, 0.25) is 0 Å². The van der Waals surface area contributed by atoms with Gasteiger partial charge in [-0.2, -0.15) is 4.31 Å². The van der Waals surface area contributed by atoms with Gasteiger partial charge in [-0.05, 0) is 49.3 Å². The van der Waals surface area contributed by atoms with Gasteiger partial charge in [-0.15, -0.1) is 0 Å². The third kappa shape index (κ3) is 3.42. The van der Waals surface area contributed by atoms with Gasteiger partial charge in [0.15, 0.2) is 0 Å². The van der Waals surface area contributed by atoms with E-state index in [0.29, 0.717) is 25.9 Å². The van der Waals surface area contributed by atoms with Crippen LogP contribution in [-0.4, -0.2) is 44.6 Å². The summed E-state index contributed by atoms with van der Waals surface area (Å²) in [5.41, 5.74) is 3.58. The molecule has 0 spiro atoms. The summed E-state index contributed by atoms with van der Waals surface area (Å²) in [6, 6.07) is 3.56. The Kier molecular flexibility index (Phi) is 4.83. The van der Waals surface area contributed by atoms with Crippen LogP contribution < -0.4 is 10.1 Å². The maximum absolute atomic E-state index is 12.5. The van der Waals surface area contributed by atoms with Gasteiger partial charge in [-0.25, -0.2) is 8.42 Å². The molecule has 1 heterocycles. The molecule has 1 aromatic carbocycles. The molecule has 0 saturated carbocycles. The molecule has 132 valence electrons. The van der Waals surface area contributed by atoms with Crippen molar-refractivity contribution < 1.29 is 17.9 Å². The predicted octanol–water partition coefficient (Wildman–Crippen LogP) is 1.22. The Hall–Kier alpha value is -1.60. The summed E-state index contributed by atoms with van der Waals surface area (Å²) in [4.78, 5) is 12.5. The number of benzene rings is 1. The molecule has 24 heavy (non-hydrogen) atoms. The quantitative estimate of drug-likeness (QED) is 0.865. The number of rotatable bonds is 5. The standard InChI is InChI=1S/C17H24N2O4S/c1-23-16-10-13-6-3-5-12(13)9-14(16)11-18-17(20)15-7-4-8-19(15)24(2,21)22/h9-10,15H,3-8,11H2,1-2H3,(H,18,20)/t15-/m0/s1. The van der Waals surface area contributed by atoms with Crippen molar-refractivity contribution >= 4 is 15.9 Å². The third-order valence-corrected chi connectivity index (χ3v) is 6.17. The van der Waals surface area contributed by atoms with Crippen molar-refractivity contribution in [1.29, 1.82) is 0 Å². The molecule has 0 radical (unpaired) electrons. The van der Waals surface area contributed by atoms with Gasteiger partial charge < -0.3 is 10.1 Å². The number of methoxy groups -OCH3 is 1. The molecule has 1 aliphatic carbocycles. The number of nitrogens with zero attached hydrogens (tertiary/aromatic N) is 1. The number of aryl methyl sites for hydroxylation is 2. The second kappa shape index (κ2) is 6.72. The first-order valence-electron chi connectivity index (χ1n) is 8.33. The highest BCUT2D eigenvalue weighted by Crippen LogP contribution is 2.30. The lowest BCUT2D eigenvalue weighted by atomic mass is 10.0. The number of hydrogen-bond donors (Lipinski definition) is 1. The molecule has 1 N–H and O–H groups in total. The predicted molar refractivity (Wildman–Crippen MR) is 91.4 cm³/mol. The number of carbonyl (C=O) groups is 1. The first kappa shape index (κ1) is 17.2. The van der Waals surface area contributed by atoms with Crippen molar-refractivity contribution in [2.45, 2.75) is 44.7 Å². The molecule has 0 bridgehead atoms. The fourth-order valence-electron chi connectivity index (χ4n) is 3.68. The Bertz CT molecular complexity index is 745. The fourth-order valence-corrected chi connectivity index (χ4v) is 4.80. The molecule has 1 fully saturated rings. The van der Waals surface area contributed by atoms with E-state index < -0.39 is 16.1 Å². The van der Waals surface area contributed by atoms with Crippen molar-refractivity contribution in [3.8, 4) is 5.75 Å². The van der Waals surface area contributed by atoms with E-state index in [1.165, 1.54) is 15.4 Å². The van der Waals surface area contributed by atoms with Crippen LogP contribution in [0.3, 0.4) is 0 Å². The SMILES string of the molecule is COc1cc2c(cc1CNC(=O)[C@@H]1CCCN1S(C)(=O)=O)CCC2. The molecule has 0 unspecified atom stereocenters. The average Bonchev–Trinajstić information content (AvgIpc) is 3.19. The van der Waals surface area contributed by atoms with Gasteiger partial charge in [0.2, 0.25) is 15.9 Å². The molecule has 1 amide bonds. The average molecular weight is 352 g/mol. The second-order valence-corrected chi connectivity index (χ2v) is 8.47. The Labute approximate surface area is 143 Å². The van der Waals surface area contributed by atoms with Gasteiger partial charge in [0.25, 0.3) is 0 Å². The van der Waals surface area contributed by atoms with Gasteiger partial charge in [-0.1, -0.05) is 6.07 Å². The first-order valence-corrected chi connectivity index (χ1v) is 10.2. The molecule has 2 aliphatic rings. The van der Waals surface area contributed by atoms with Crippen LogP contribution in [0, 0.1) is 0 Å². The molecule has 0 aromatic heterocycles. The van der Waals surface area contributed by atoms with E-state index in [4.69, 9.17) is 4.74 Å². The minimum Gasteiger partial charge on any atom is -0.496 e. The lowest BCUT2D eigenvalue weighted by Gasteiger charge is -2.21. The molecule has 1 aromatic rings. The Morgan fingerprint density at radius 1 is 1.29 bits per heavy atom. The van der Waals surface area contributed by atoms with Gasteiger partial charge in [-0.3, -0.25) is 4.79 Å². The van der Waals surface area contributed by atoms with E-state index in [0.717, 1.165) is 36.8 Å². The first-order chi connectivity index (χ1) is 11.4. The summed E-state index contributed by atoms with van der Waals surface area (Å²) in [6.07, 6.45) is 5.73. The van der Waals surface area contributed by atoms with Crippen LogP contribution in [0.25, 0.3) is 0 Å². The van der Waals surface area contributed by atoms with Gasteiger partial charge in [0.05, 0.1) is 13.4 Å². The number of hydrogen-bond acceptors (Lipinski definition) is 4. The van der Waals surface area contributed by atoms with Crippen LogP contribution >= 0.6 is 0 Å². The van der Waals surface area contributed by atoms with Crippen LogP contribution in [0.5, 0.6) is 5.75 Å². The molecule has 1 atom stereocenters. The van der Waals surface area contributed by atoms with Crippen molar-refractivity contribution in [3.63, 3.8) is 0 Å². The minimum atomic E-state index is -3.35. The molecule has 7 heteroatoms. The minimum absolute atomic E-state index is 0.236. The number of amides is 1. The van der Waals surface area contributed by atoms with E-state index in [9.17, 15) is 13.2 Å². The van der Waals surface area contributed by atoms with E-state index in [2.05, 4.69) is 17.4 Å². The summed E-state index contributed by atoms with van der Waals surface area (Å²) in [5.74, 6) is 0.544. The topological polar surface area (TPSA) is 75.7 Å². The number of fused-ring (bicyclic) bond motifs is 1. The lowest BCUT2D eigenvalue weighted by Crippen LogP contribution is -2.45. The van der Waals surface area contributed by atoms with Crippen LogP contribution in [0.4, 0.5) is 0 Å². The van der Waals surface area contributed by atoms with Crippen molar-refractivity contribution in [2.75, 3.05) is 19.9 Å². The maximum atomic E-state index is 12.5. The van der Waals surface area contributed by atoms with E-state index in [1.807, 2.05) is 0 Å². The maximum Gasteiger partial charge on any atom is 0.238 e. The van der Waals surface area contributed by atoms with Crippen LogP contribution in [0.1, 0.15) is 36.0 Å². The van der Waals surface area contributed by atoms with Gasteiger partial charge in [0, 0.05) is 18.7 Å². The van der Waals surface area contributed by atoms with Gasteiger partial charge >= 0.3 is 0 Å². The van der Waals surface area contributed by atoms with Crippen LogP contribution in [0.15, 0.2) is 12.1 Å². The number of sulfonamides is 1. The zero-order valence-electron chi connectivity index (χ0n) is 14.2. The highest BCUT2D eigenvalue weighted by atomic mass is 32.2. The summed E-state index contributed by atoms with van der Waals surface area (Å²) >= 11 is 0. The molecular formula is C17H24N2O4S. The van der Waals surface area contributed by atoms with E-state index >= 15 is 0 Å². The second-order valence-electron chi connectivity index (χ2n) is 6.54. The summed E-state index contributed by atoms with van der Waals surface area (Å²) in [7, 11) is -1.72. The number of ether oxygens (including phenoxy) is 1. The Morgan fingerprint density at radius 3 is 2.67 bits per heavy atom. The highest BCUT2D eigenvalue weighted by Gasteiger charge is 2.36. The highest BCUT2D eigenvalue weighted by molar-refractivity contribution is 7.88.